The van der Waals surface area contributed by atoms with Crippen molar-refractivity contribution in [2.24, 2.45) is 5.92 Å². The molecule has 26 heavy (non-hydrogen) atoms. The standard InChI is InChI=1S/C20H24N4O2/c1-12-3-6-14(7-4-12)22-17(25)10-24-11-21-18-15-9-13(2)5-8-16(15)23-19(18)20(24)26/h5,8-9,11-12,14,23H,3-4,6-7,10H2,1-2H3,(H,22,25). The highest BCUT2D eigenvalue weighted by Crippen LogP contribution is 2.24. The van der Waals surface area contributed by atoms with Gasteiger partial charge in [0.25, 0.3) is 5.56 Å². The molecule has 2 aromatic heterocycles. The monoisotopic (exact) mass is 352 g/mol. The summed E-state index contributed by atoms with van der Waals surface area (Å²) < 4.78 is 1.38. The zero-order valence-corrected chi connectivity index (χ0v) is 15.2. The van der Waals surface area contributed by atoms with E-state index in [2.05, 4.69) is 22.2 Å². The van der Waals surface area contributed by atoms with E-state index < -0.39 is 0 Å². The second-order valence-electron chi connectivity index (χ2n) is 7.60. The molecular weight excluding hydrogens is 328 g/mol. The van der Waals surface area contributed by atoms with Gasteiger partial charge in [-0.25, -0.2) is 4.98 Å². The minimum absolute atomic E-state index is 0.00220. The number of carbonyl (C=O) groups is 1. The highest BCUT2D eigenvalue weighted by Gasteiger charge is 2.20. The van der Waals surface area contributed by atoms with Crippen LogP contribution in [0.15, 0.2) is 29.3 Å². The number of rotatable bonds is 3. The van der Waals surface area contributed by atoms with E-state index in [1.54, 1.807) is 0 Å². The largest absolute Gasteiger partial charge is 0.352 e. The number of benzene rings is 1. The van der Waals surface area contributed by atoms with Crippen LogP contribution in [0.3, 0.4) is 0 Å². The van der Waals surface area contributed by atoms with Crippen LogP contribution in [0.2, 0.25) is 0 Å². The van der Waals surface area contributed by atoms with E-state index in [1.165, 1.54) is 10.9 Å². The van der Waals surface area contributed by atoms with Gasteiger partial charge in [-0.3, -0.25) is 14.2 Å². The summed E-state index contributed by atoms with van der Waals surface area (Å²) in [6.07, 6.45) is 5.80. The molecule has 1 fully saturated rings. The minimum Gasteiger partial charge on any atom is -0.352 e. The summed E-state index contributed by atoms with van der Waals surface area (Å²) >= 11 is 0. The maximum absolute atomic E-state index is 12.8. The molecular formula is C20H24N4O2. The number of amides is 1. The maximum Gasteiger partial charge on any atom is 0.278 e. The van der Waals surface area contributed by atoms with Crippen molar-refractivity contribution in [3.05, 3.63) is 40.4 Å². The molecule has 0 saturated heterocycles. The molecule has 1 amide bonds. The Morgan fingerprint density at radius 3 is 2.85 bits per heavy atom. The quantitative estimate of drug-likeness (QED) is 0.761. The summed E-state index contributed by atoms with van der Waals surface area (Å²) in [6, 6.07) is 6.19. The van der Waals surface area contributed by atoms with Gasteiger partial charge in [-0.1, -0.05) is 18.6 Å². The lowest BCUT2D eigenvalue weighted by Crippen LogP contribution is -2.40. The molecule has 1 saturated carbocycles. The molecule has 0 atom stereocenters. The fourth-order valence-corrected chi connectivity index (χ4v) is 3.85. The topological polar surface area (TPSA) is 79.8 Å². The van der Waals surface area contributed by atoms with Gasteiger partial charge in [0.2, 0.25) is 5.91 Å². The predicted molar refractivity (Wildman–Crippen MR) is 102 cm³/mol. The zero-order valence-electron chi connectivity index (χ0n) is 15.2. The SMILES string of the molecule is Cc1ccc2[nH]c3c(=O)n(CC(=O)NC4CCC(C)CC4)cnc3c2c1. The summed E-state index contributed by atoms with van der Waals surface area (Å²) in [6.45, 7) is 4.26. The first-order valence-corrected chi connectivity index (χ1v) is 9.28. The van der Waals surface area contributed by atoms with E-state index in [9.17, 15) is 9.59 Å². The van der Waals surface area contributed by atoms with Gasteiger partial charge in [-0.05, 0) is 50.7 Å². The molecule has 1 aromatic carbocycles. The number of carbonyl (C=O) groups excluding carboxylic acids is 1. The highest BCUT2D eigenvalue weighted by molar-refractivity contribution is 6.04. The molecule has 6 heteroatoms. The van der Waals surface area contributed by atoms with E-state index >= 15 is 0 Å². The van der Waals surface area contributed by atoms with Crippen molar-refractivity contribution in [1.29, 1.82) is 0 Å². The van der Waals surface area contributed by atoms with E-state index in [1.807, 2.05) is 25.1 Å². The van der Waals surface area contributed by atoms with Gasteiger partial charge >= 0.3 is 0 Å². The van der Waals surface area contributed by atoms with Crippen molar-refractivity contribution in [1.82, 2.24) is 19.9 Å². The van der Waals surface area contributed by atoms with Crippen LogP contribution >= 0.6 is 0 Å². The first-order chi connectivity index (χ1) is 12.5. The number of hydrogen-bond acceptors (Lipinski definition) is 3. The van der Waals surface area contributed by atoms with E-state index in [0.29, 0.717) is 11.0 Å². The van der Waals surface area contributed by atoms with E-state index in [-0.39, 0.29) is 24.1 Å². The first-order valence-electron chi connectivity index (χ1n) is 9.28. The second-order valence-corrected chi connectivity index (χ2v) is 7.60. The maximum atomic E-state index is 12.8. The molecule has 0 unspecified atom stereocenters. The Bertz CT molecular complexity index is 1030. The van der Waals surface area contributed by atoms with Crippen molar-refractivity contribution >= 4 is 27.8 Å². The van der Waals surface area contributed by atoms with Gasteiger partial charge in [-0.15, -0.1) is 0 Å². The Labute approximate surface area is 151 Å². The van der Waals surface area contributed by atoms with Crippen LogP contribution in [-0.4, -0.2) is 26.5 Å². The molecule has 6 nitrogen and oxygen atoms in total. The molecule has 4 rings (SSSR count). The second kappa shape index (κ2) is 6.59. The molecule has 0 spiro atoms. The number of aromatic nitrogens is 3. The van der Waals surface area contributed by atoms with Crippen LogP contribution in [0.25, 0.3) is 21.9 Å². The number of hydrogen-bond donors (Lipinski definition) is 2. The summed E-state index contributed by atoms with van der Waals surface area (Å²) in [5, 5.41) is 4.00. The zero-order chi connectivity index (χ0) is 18.3. The lowest BCUT2D eigenvalue weighted by Gasteiger charge is -2.26. The molecule has 0 bridgehead atoms. The Morgan fingerprint density at radius 1 is 1.31 bits per heavy atom. The van der Waals surface area contributed by atoms with Gasteiger partial charge in [-0.2, -0.15) is 0 Å². The smallest absolute Gasteiger partial charge is 0.278 e. The Morgan fingerprint density at radius 2 is 2.08 bits per heavy atom. The number of nitrogens with one attached hydrogen (secondary N) is 2. The number of H-pyrrole nitrogens is 1. The van der Waals surface area contributed by atoms with Gasteiger partial charge in [0.15, 0.2) is 0 Å². The van der Waals surface area contributed by atoms with Crippen LogP contribution in [-0.2, 0) is 11.3 Å². The predicted octanol–water partition coefficient (Wildman–Crippen LogP) is 2.88. The van der Waals surface area contributed by atoms with Crippen molar-refractivity contribution in [3.8, 4) is 0 Å². The lowest BCUT2D eigenvalue weighted by atomic mass is 9.87. The number of nitrogens with zero attached hydrogens (tertiary/aromatic N) is 2. The molecule has 1 aliphatic rings. The highest BCUT2D eigenvalue weighted by atomic mass is 16.2. The third-order valence-electron chi connectivity index (χ3n) is 5.42. The van der Waals surface area contributed by atoms with Crippen LogP contribution in [0, 0.1) is 12.8 Å². The Balaban J connectivity index is 1.57. The van der Waals surface area contributed by atoms with Crippen LogP contribution in [0.5, 0.6) is 0 Å². The number of aryl methyl sites for hydroxylation is 1. The molecule has 2 heterocycles. The number of aromatic amines is 1. The summed E-state index contributed by atoms with van der Waals surface area (Å²) in [7, 11) is 0. The molecule has 0 radical (unpaired) electrons. The molecule has 2 N–H and O–H groups in total. The Hall–Kier alpha value is -2.63. The average molecular weight is 352 g/mol. The van der Waals surface area contributed by atoms with Gasteiger partial charge in [0, 0.05) is 16.9 Å². The van der Waals surface area contributed by atoms with Gasteiger partial charge in [0.1, 0.15) is 17.6 Å². The van der Waals surface area contributed by atoms with E-state index in [4.69, 9.17) is 0 Å². The van der Waals surface area contributed by atoms with Gasteiger partial charge < -0.3 is 10.3 Å². The van der Waals surface area contributed by atoms with Gasteiger partial charge in [0.05, 0.1) is 6.33 Å². The lowest BCUT2D eigenvalue weighted by molar-refractivity contribution is -0.122. The van der Waals surface area contributed by atoms with Crippen LogP contribution < -0.4 is 10.9 Å². The van der Waals surface area contributed by atoms with E-state index in [0.717, 1.165) is 48.1 Å². The molecule has 3 aromatic rings. The van der Waals surface area contributed by atoms with Crippen molar-refractivity contribution in [2.75, 3.05) is 0 Å². The summed E-state index contributed by atoms with van der Waals surface area (Å²) in [4.78, 5) is 32.7. The summed E-state index contributed by atoms with van der Waals surface area (Å²) in [5.41, 5.74) is 2.90. The Kier molecular flexibility index (Phi) is 4.26. The molecule has 136 valence electrons. The average Bonchev–Trinajstić information content (AvgIpc) is 2.98. The first kappa shape index (κ1) is 16.8. The van der Waals surface area contributed by atoms with Crippen molar-refractivity contribution < 1.29 is 4.79 Å². The van der Waals surface area contributed by atoms with Crippen molar-refractivity contribution in [3.63, 3.8) is 0 Å². The fraction of sp³-hybridized carbons (Fsp3) is 0.450. The normalized spacial score (nSPS) is 20.5. The third-order valence-corrected chi connectivity index (χ3v) is 5.42. The number of fused-ring (bicyclic) bond motifs is 3. The summed E-state index contributed by atoms with van der Waals surface area (Å²) in [5.74, 6) is 0.614. The molecule has 0 aliphatic heterocycles. The van der Waals surface area contributed by atoms with Crippen LogP contribution in [0.4, 0.5) is 0 Å². The van der Waals surface area contributed by atoms with Crippen molar-refractivity contribution in [2.45, 2.75) is 52.1 Å². The minimum atomic E-state index is -0.212. The fourth-order valence-electron chi connectivity index (χ4n) is 3.85. The van der Waals surface area contributed by atoms with Crippen LogP contribution in [0.1, 0.15) is 38.2 Å². The molecule has 1 aliphatic carbocycles. The third kappa shape index (κ3) is 3.11.